The topological polar surface area (TPSA) is 104 Å². The molecule has 0 aliphatic carbocycles. The standard InChI is InChI=1S/C23H21N3O5S/c1-14-5-3-6-16(11-14)29-9-8-24-20(27)13-30-23(28)17-12-18(19-7-4-10-32-19)25-22-21(17)15(2)26-31-22/h3-7,10-12H,8-9,13H2,1-2H3,(H,24,27). The molecule has 1 aromatic carbocycles. The van der Waals surface area contributed by atoms with Gasteiger partial charge in [-0.15, -0.1) is 11.3 Å². The zero-order valence-electron chi connectivity index (χ0n) is 17.6. The average molecular weight is 452 g/mol. The summed E-state index contributed by atoms with van der Waals surface area (Å²) in [7, 11) is 0. The van der Waals surface area contributed by atoms with Crippen molar-refractivity contribution >= 4 is 34.3 Å². The van der Waals surface area contributed by atoms with Gasteiger partial charge in [-0.2, -0.15) is 0 Å². The second-order valence-electron chi connectivity index (χ2n) is 7.07. The number of ether oxygens (including phenoxy) is 2. The number of pyridine rings is 1. The van der Waals surface area contributed by atoms with E-state index in [2.05, 4.69) is 15.5 Å². The van der Waals surface area contributed by atoms with Gasteiger partial charge in [0.2, 0.25) is 0 Å². The van der Waals surface area contributed by atoms with Gasteiger partial charge in [-0.05, 0) is 49.1 Å². The molecule has 0 atom stereocenters. The lowest BCUT2D eigenvalue weighted by Crippen LogP contribution is -2.32. The predicted octanol–water partition coefficient (Wildman–Crippen LogP) is 3.92. The van der Waals surface area contributed by atoms with Crippen molar-refractivity contribution in [2.45, 2.75) is 13.8 Å². The van der Waals surface area contributed by atoms with E-state index in [0.717, 1.165) is 16.2 Å². The summed E-state index contributed by atoms with van der Waals surface area (Å²) in [6, 6.07) is 13.1. The molecule has 164 valence electrons. The summed E-state index contributed by atoms with van der Waals surface area (Å²) in [5.41, 5.74) is 2.70. The van der Waals surface area contributed by atoms with Gasteiger partial charge in [0, 0.05) is 0 Å². The van der Waals surface area contributed by atoms with E-state index in [-0.39, 0.29) is 17.8 Å². The van der Waals surface area contributed by atoms with Crippen LogP contribution >= 0.6 is 11.3 Å². The highest BCUT2D eigenvalue weighted by Crippen LogP contribution is 2.29. The molecule has 3 heterocycles. The minimum absolute atomic E-state index is 0.248. The predicted molar refractivity (Wildman–Crippen MR) is 120 cm³/mol. The van der Waals surface area contributed by atoms with E-state index in [1.165, 1.54) is 11.3 Å². The Bertz CT molecular complexity index is 1250. The number of benzene rings is 1. The first-order valence-electron chi connectivity index (χ1n) is 9.95. The van der Waals surface area contributed by atoms with Gasteiger partial charge in [0.25, 0.3) is 11.6 Å². The summed E-state index contributed by atoms with van der Waals surface area (Å²) < 4.78 is 16.1. The molecule has 0 unspecified atom stereocenters. The average Bonchev–Trinajstić information content (AvgIpc) is 3.45. The number of amides is 1. The van der Waals surface area contributed by atoms with Crippen LogP contribution in [0.15, 0.2) is 52.4 Å². The van der Waals surface area contributed by atoms with E-state index >= 15 is 0 Å². The van der Waals surface area contributed by atoms with E-state index < -0.39 is 18.5 Å². The molecule has 0 bridgehead atoms. The molecule has 0 spiro atoms. The summed E-state index contributed by atoms with van der Waals surface area (Å²) >= 11 is 1.49. The maximum atomic E-state index is 12.8. The highest BCUT2D eigenvalue weighted by molar-refractivity contribution is 7.13. The third kappa shape index (κ3) is 4.94. The number of aryl methyl sites for hydroxylation is 2. The lowest BCUT2D eigenvalue weighted by molar-refractivity contribution is -0.124. The molecule has 0 saturated carbocycles. The van der Waals surface area contributed by atoms with Crippen molar-refractivity contribution in [2.75, 3.05) is 19.8 Å². The Kier molecular flexibility index (Phi) is 6.46. The lowest BCUT2D eigenvalue weighted by Gasteiger charge is -2.09. The van der Waals surface area contributed by atoms with Crippen molar-refractivity contribution in [3.63, 3.8) is 0 Å². The molecule has 8 nitrogen and oxygen atoms in total. The van der Waals surface area contributed by atoms with Gasteiger partial charge in [0.15, 0.2) is 6.61 Å². The molecule has 4 rings (SSSR count). The van der Waals surface area contributed by atoms with Crippen LogP contribution in [0.5, 0.6) is 5.75 Å². The normalized spacial score (nSPS) is 10.8. The van der Waals surface area contributed by atoms with Crippen molar-refractivity contribution in [3.8, 4) is 16.3 Å². The lowest BCUT2D eigenvalue weighted by atomic mass is 10.1. The number of nitrogens with one attached hydrogen (secondary N) is 1. The minimum atomic E-state index is -0.646. The van der Waals surface area contributed by atoms with Gasteiger partial charge in [0.1, 0.15) is 12.4 Å². The zero-order chi connectivity index (χ0) is 22.5. The first-order chi connectivity index (χ1) is 15.5. The molecule has 0 fully saturated rings. The number of fused-ring (bicyclic) bond motifs is 1. The Hall–Kier alpha value is -3.72. The maximum Gasteiger partial charge on any atom is 0.339 e. The first-order valence-corrected chi connectivity index (χ1v) is 10.8. The largest absolute Gasteiger partial charge is 0.492 e. The van der Waals surface area contributed by atoms with Crippen molar-refractivity contribution in [1.29, 1.82) is 0 Å². The van der Waals surface area contributed by atoms with Gasteiger partial charge in [-0.25, -0.2) is 9.78 Å². The second-order valence-corrected chi connectivity index (χ2v) is 8.02. The first kappa shape index (κ1) is 21.5. The fourth-order valence-electron chi connectivity index (χ4n) is 3.13. The Morgan fingerprint density at radius 1 is 1.16 bits per heavy atom. The number of esters is 1. The summed E-state index contributed by atoms with van der Waals surface area (Å²) in [6.45, 7) is 3.88. The number of aromatic nitrogens is 2. The van der Waals surface area contributed by atoms with Crippen LogP contribution in [0.1, 0.15) is 21.6 Å². The molecule has 3 aromatic heterocycles. The van der Waals surface area contributed by atoms with E-state index in [1.807, 2.05) is 48.7 Å². The van der Waals surface area contributed by atoms with Crippen LogP contribution in [0.2, 0.25) is 0 Å². The highest BCUT2D eigenvalue weighted by Gasteiger charge is 2.21. The second kappa shape index (κ2) is 9.61. The zero-order valence-corrected chi connectivity index (χ0v) is 18.4. The quantitative estimate of drug-likeness (QED) is 0.320. The molecule has 0 saturated heterocycles. The number of hydrogen-bond acceptors (Lipinski definition) is 8. The molecular formula is C23H21N3O5S. The highest BCUT2D eigenvalue weighted by atomic mass is 32.1. The van der Waals surface area contributed by atoms with Gasteiger partial charge < -0.3 is 19.3 Å². The van der Waals surface area contributed by atoms with Crippen molar-refractivity contribution in [1.82, 2.24) is 15.5 Å². The molecular weight excluding hydrogens is 430 g/mol. The fourth-order valence-corrected chi connectivity index (χ4v) is 3.82. The number of carbonyl (C=O) groups is 2. The molecule has 9 heteroatoms. The minimum Gasteiger partial charge on any atom is -0.492 e. The van der Waals surface area contributed by atoms with Crippen molar-refractivity contribution < 1.29 is 23.6 Å². The molecule has 32 heavy (non-hydrogen) atoms. The van der Waals surface area contributed by atoms with E-state index in [0.29, 0.717) is 23.4 Å². The van der Waals surface area contributed by atoms with Crippen molar-refractivity contribution in [3.05, 3.63) is 64.7 Å². The van der Waals surface area contributed by atoms with Crippen LogP contribution in [0.3, 0.4) is 0 Å². The Balaban J connectivity index is 1.35. The molecule has 0 aliphatic heterocycles. The molecule has 1 N–H and O–H groups in total. The molecule has 0 radical (unpaired) electrons. The van der Waals surface area contributed by atoms with E-state index in [1.54, 1.807) is 13.0 Å². The SMILES string of the molecule is Cc1cccc(OCCNC(=O)COC(=O)c2cc(-c3cccs3)nc3onc(C)c23)c1. The smallest absolute Gasteiger partial charge is 0.339 e. The van der Waals surface area contributed by atoms with Crippen LogP contribution in [-0.4, -0.2) is 41.8 Å². The van der Waals surface area contributed by atoms with Crippen LogP contribution in [0.4, 0.5) is 0 Å². The van der Waals surface area contributed by atoms with Crippen molar-refractivity contribution in [2.24, 2.45) is 0 Å². The summed E-state index contributed by atoms with van der Waals surface area (Å²) in [6.07, 6.45) is 0. The third-order valence-electron chi connectivity index (χ3n) is 4.63. The summed E-state index contributed by atoms with van der Waals surface area (Å²) in [5, 5.41) is 8.96. The van der Waals surface area contributed by atoms with E-state index in [4.69, 9.17) is 14.0 Å². The number of hydrogen-bond donors (Lipinski definition) is 1. The maximum absolute atomic E-state index is 12.8. The monoisotopic (exact) mass is 451 g/mol. The van der Waals surface area contributed by atoms with Gasteiger partial charge >= 0.3 is 5.97 Å². The fraction of sp³-hybridized carbons (Fsp3) is 0.217. The number of rotatable bonds is 8. The van der Waals surface area contributed by atoms with Crippen LogP contribution < -0.4 is 10.1 Å². The number of thiophene rings is 1. The summed E-state index contributed by atoms with van der Waals surface area (Å²) in [5.74, 6) is -0.331. The molecule has 4 aromatic rings. The van der Waals surface area contributed by atoms with Crippen LogP contribution in [-0.2, 0) is 9.53 Å². The van der Waals surface area contributed by atoms with Gasteiger partial charge in [0.05, 0.1) is 33.8 Å². The molecule has 1 amide bonds. The number of nitrogens with zero attached hydrogens (tertiary/aromatic N) is 2. The van der Waals surface area contributed by atoms with Crippen LogP contribution in [0.25, 0.3) is 21.7 Å². The Labute approximate surface area is 188 Å². The van der Waals surface area contributed by atoms with Gasteiger partial charge in [-0.1, -0.05) is 23.4 Å². The van der Waals surface area contributed by atoms with Crippen LogP contribution in [0, 0.1) is 13.8 Å². The van der Waals surface area contributed by atoms with Gasteiger partial charge in [-0.3, -0.25) is 4.79 Å². The van der Waals surface area contributed by atoms with E-state index in [9.17, 15) is 9.59 Å². The number of carbonyl (C=O) groups excluding carboxylic acids is 2. The summed E-state index contributed by atoms with van der Waals surface area (Å²) in [4.78, 5) is 30.2. The Morgan fingerprint density at radius 3 is 2.81 bits per heavy atom. The Morgan fingerprint density at radius 2 is 2.03 bits per heavy atom. The third-order valence-corrected chi connectivity index (χ3v) is 5.52. The molecule has 0 aliphatic rings.